The molecule has 2 unspecified atom stereocenters. The van der Waals surface area contributed by atoms with Crippen molar-refractivity contribution in [1.29, 1.82) is 0 Å². The van der Waals surface area contributed by atoms with Crippen molar-refractivity contribution in [2.24, 2.45) is 0 Å². The lowest BCUT2D eigenvalue weighted by molar-refractivity contribution is -0.0752. The van der Waals surface area contributed by atoms with Crippen LogP contribution in [0.2, 0.25) is 0 Å². The quantitative estimate of drug-likeness (QED) is 0.770. The molecule has 0 bridgehead atoms. The van der Waals surface area contributed by atoms with Crippen molar-refractivity contribution in [2.45, 2.75) is 42.7 Å². The summed E-state index contributed by atoms with van der Waals surface area (Å²) in [5.74, 6) is -0.0504. The van der Waals surface area contributed by atoms with Crippen LogP contribution < -0.4 is 4.31 Å². The molecule has 1 saturated heterocycles. The van der Waals surface area contributed by atoms with Gasteiger partial charge in [-0.15, -0.1) is 0 Å². The first-order chi connectivity index (χ1) is 14.0. The van der Waals surface area contributed by atoms with Gasteiger partial charge < -0.3 is 9.64 Å². The number of para-hydroxylation sites is 1. The van der Waals surface area contributed by atoms with E-state index in [0.29, 0.717) is 24.4 Å². The molecule has 2 aromatic rings. The lowest BCUT2D eigenvalue weighted by atomic mass is 9.89. The van der Waals surface area contributed by atoms with Crippen LogP contribution >= 0.6 is 0 Å². The Morgan fingerprint density at radius 1 is 1.03 bits per heavy atom. The zero-order chi connectivity index (χ0) is 20.4. The van der Waals surface area contributed by atoms with Crippen LogP contribution in [-0.4, -0.2) is 51.6 Å². The summed E-state index contributed by atoms with van der Waals surface area (Å²) in [6, 6.07) is 15.3. The molecule has 29 heavy (non-hydrogen) atoms. The SMILES string of the molecule is CN(c1ccccc1)S(=O)(=O)c1ccc(C(=O)N2CCOC3CCCCC32)cc1. The summed E-state index contributed by atoms with van der Waals surface area (Å²) in [4.78, 5) is 15.2. The molecule has 7 heteroatoms. The van der Waals surface area contributed by atoms with Crippen molar-refractivity contribution in [3.8, 4) is 0 Å². The van der Waals surface area contributed by atoms with Gasteiger partial charge in [-0.2, -0.15) is 0 Å². The van der Waals surface area contributed by atoms with Crippen LogP contribution in [0, 0.1) is 0 Å². The number of morpholine rings is 1. The summed E-state index contributed by atoms with van der Waals surface area (Å²) in [6.07, 6.45) is 4.34. The molecule has 0 aromatic heterocycles. The third-order valence-corrected chi connectivity index (χ3v) is 7.67. The standard InChI is InChI=1S/C22H26N2O4S/c1-23(18-7-3-2-4-8-18)29(26,27)19-13-11-17(12-14-19)22(25)24-15-16-28-21-10-6-5-9-20(21)24/h2-4,7-8,11-14,20-21H,5-6,9-10,15-16H2,1H3. The fraction of sp³-hybridized carbons (Fsp3) is 0.409. The fourth-order valence-corrected chi connectivity index (χ4v) is 5.41. The van der Waals surface area contributed by atoms with Crippen LogP contribution in [0.25, 0.3) is 0 Å². The predicted octanol–water partition coefficient (Wildman–Crippen LogP) is 3.30. The van der Waals surface area contributed by atoms with Gasteiger partial charge in [-0.25, -0.2) is 8.42 Å². The van der Waals surface area contributed by atoms with Gasteiger partial charge in [0.25, 0.3) is 15.9 Å². The number of hydrogen-bond acceptors (Lipinski definition) is 4. The number of sulfonamides is 1. The Morgan fingerprint density at radius 2 is 1.72 bits per heavy atom. The van der Waals surface area contributed by atoms with Crippen LogP contribution in [0.3, 0.4) is 0 Å². The van der Waals surface area contributed by atoms with Gasteiger partial charge in [-0.1, -0.05) is 31.0 Å². The minimum absolute atomic E-state index is 0.0504. The summed E-state index contributed by atoms with van der Waals surface area (Å²) in [5, 5.41) is 0. The lowest BCUT2D eigenvalue weighted by Crippen LogP contribution is -2.54. The van der Waals surface area contributed by atoms with Crippen LogP contribution in [-0.2, 0) is 14.8 Å². The second-order valence-corrected chi connectivity index (χ2v) is 9.56. The van der Waals surface area contributed by atoms with Crippen LogP contribution in [0.5, 0.6) is 0 Å². The molecule has 4 rings (SSSR count). The average Bonchev–Trinajstić information content (AvgIpc) is 2.78. The largest absolute Gasteiger partial charge is 0.374 e. The van der Waals surface area contributed by atoms with Crippen molar-refractivity contribution in [2.75, 3.05) is 24.5 Å². The maximum absolute atomic E-state index is 13.1. The van der Waals surface area contributed by atoms with Crippen molar-refractivity contribution in [3.05, 3.63) is 60.2 Å². The van der Waals surface area contributed by atoms with E-state index in [0.717, 1.165) is 25.7 Å². The van der Waals surface area contributed by atoms with Gasteiger partial charge in [-0.05, 0) is 49.2 Å². The molecule has 1 aliphatic carbocycles. The number of hydrogen-bond donors (Lipinski definition) is 0. The van der Waals surface area contributed by atoms with Gasteiger partial charge in [0.2, 0.25) is 0 Å². The highest BCUT2D eigenvalue weighted by molar-refractivity contribution is 7.92. The zero-order valence-corrected chi connectivity index (χ0v) is 17.3. The Morgan fingerprint density at radius 3 is 2.45 bits per heavy atom. The number of fused-ring (bicyclic) bond motifs is 1. The van der Waals surface area contributed by atoms with Crippen LogP contribution in [0.4, 0.5) is 5.69 Å². The molecule has 0 radical (unpaired) electrons. The first-order valence-corrected chi connectivity index (χ1v) is 11.5. The van der Waals surface area contributed by atoms with E-state index in [1.807, 2.05) is 11.0 Å². The van der Waals surface area contributed by atoms with Crippen molar-refractivity contribution < 1.29 is 17.9 Å². The Kier molecular flexibility index (Phi) is 5.61. The van der Waals surface area contributed by atoms with Gasteiger partial charge in [-0.3, -0.25) is 9.10 Å². The first kappa shape index (κ1) is 19.9. The number of carbonyl (C=O) groups is 1. The monoisotopic (exact) mass is 414 g/mol. The van der Waals surface area contributed by atoms with E-state index in [1.165, 1.54) is 23.5 Å². The lowest BCUT2D eigenvalue weighted by Gasteiger charge is -2.43. The second-order valence-electron chi connectivity index (χ2n) is 7.59. The van der Waals surface area contributed by atoms with Crippen LogP contribution in [0.15, 0.2) is 59.5 Å². The van der Waals surface area contributed by atoms with Crippen molar-refractivity contribution >= 4 is 21.6 Å². The molecule has 2 atom stereocenters. The van der Waals surface area contributed by atoms with Crippen molar-refractivity contribution in [3.63, 3.8) is 0 Å². The molecule has 1 heterocycles. The number of carbonyl (C=O) groups excluding carboxylic acids is 1. The Labute approximate surface area is 172 Å². The smallest absolute Gasteiger partial charge is 0.264 e. The zero-order valence-electron chi connectivity index (χ0n) is 16.5. The molecule has 0 N–H and O–H groups in total. The summed E-state index contributed by atoms with van der Waals surface area (Å²) in [7, 11) is -2.16. The molecular weight excluding hydrogens is 388 g/mol. The third-order valence-electron chi connectivity index (χ3n) is 5.87. The van der Waals surface area contributed by atoms with Gasteiger partial charge in [0.1, 0.15) is 0 Å². The highest BCUT2D eigenvalue weighted by Gasteiger charge is 2.37. The molecule has 154 valence electrons. The maximum Gasteiger partial charge on any atom is 0.264 e. The van der Waals surface area contributed by atoms with E-state index in [9.17, 15) is 13.2 Å². The van der Waals surface area contributed by atoms with E-state index in [4.69, 9.17) is 4.74 Å². The number of ether oxygens (including phenoxy) is 1. The molecule has 2 aromatic carbocycles. The summed E-state index contributed by atoms with van der Waals surface area (Å²) in [6.45, 7) is 1.14. The van der Waals surface area contributed by atoms with Gasteiger partial charge in [0, 0.05) is 19.2 Å². The molecule has 0 spiro atoms. The Hall–Kier alpha value is -2.38. The molecule has 1 aliphatic heterocycles. The van der Waals surface area contributed by atoms with Gasteiger partial charge in [0.15, 0.2) is 0 Å². The number of benzene rings is 2. The summed E-state index contributed by atoms with van der Waals surface area (Å²) in [5.41, 5.74) is 1.10. The predicted molar refractivity (Wildman–Crippen MR) is 112 cm³/mol. The highest BCUT2D eigenvalue weighted by atomic mass is 32.2. The molecule has 2 fully saturated rings. The molecule has 1 amide bonds. The highest BCUT2D eigenvalue weighted by Crippen LogP contribution is 2.30. The van der Waals surface area contributed by atoms with Gasteiger partial charge >= 0.3 is 0 Å². The van der Waals surface area contributed by atoms with Crippen molar-refractivity contribution in [1.82, 2.24) is 4.90 Å². The molecular formula is C22H26N2O4S. The fourth-order valence-electron chi connectivity index (χ4n) is 4.22. The van der Waals surface area contributed by atoms with E-state index in [2.05, 4.69) is 0 Å². The molecule has 6 nitrogen and oxygen atoms in total. The van der Waals surface area contributed by atoms with Crippen LogP contribution in [0.1, 0.15) is 36.0 Å². The van der Waals surface area contributed by atoms with Gasteiger partial charge in [0.05, 0.1) is 29.3 Å². The normalized spacial score (nSPS) is 22.0. The summed E-state index contributed by atoms with van der Waals surface area (Å²) < 4.78 is 32.9. The maximum atomic E-state index is 13.1. The number of nitrogens with zero attached hydrogens (tertiary/aromatic N) is 2. The number of amides is 1. The Balaban J connectivity index is 1.53. The van der Waals surface area contributed by atoms with E-state index < -0.39 is 10.0 Å². The van der Waals surface area contributed by atoms with E-state index >= 15 is 0 Å². The Bertz CT molecular complexity index is 958. The minimum Gasteiger partial charge on any atom is -0.374 e. The molecule has 2 aliphatic rings. The van der Waals surface area contributed by atoms with E-state index in [-0.39, 0.29) is 22.9 Å². The summed E-state index contributed by atoms with van der Waals surface area (Å²) >= 11 is 0. The second kappa shape index (κ2) is 8.16. The minimum atomic E-state index is -3.69. The first-order valence-electron chi connectivity index (χ1n) is 10.0. The number of anilines is 1. The topological polar surface area (TPSA) is 66.9 Å². The third kappa shape index (κ3) is 3.89. The molecule has 1 saturated carbocycles. The van der Waals surface area contributed by atoms with E-state index in [1.54, 1.807) is 36.4 Å². The number of rotatable bonds is 4. The average molecular weight is 415 g/mol.